The van der Waals surface area contributed by atoms with Crippen LogP contribution in [0.15, 0.2) is 72.9 Å². The molecular weight excluding hydrogens is 464 g/mol. The second kappa shape index (κ2) is 8.78. The Balaban J connectivity index is 1.70. The number of halogens is 1. The van der Waals surface area contributed by atoms with Crippen LogP contribution < -0.4 is 10.2 Å². The summed E-state index contributed by atoms with van der Waals surface area (Å²) in [7, 11) is 0. The molecular formula is C27H25ClN4OS. The molecule has 34 heavy (non-hydrogen) atoms. The number of aromatic nitrogens is 2. The van der Waals surface area contributed by atoms with E-state index in [4.69, 9.17) is 23.8 Å². The van der Waals surface area contributed by atoms with E-state index in [2.05, 4.69) is 66.0 Å². The highest BCUT2D eigenvalue weighted by molar-refractivity contribution is 7.80. The third-order valence-electron chi connectivity index (χ3n) is 6.38. The van der Waals surface area contributed by atoms with E-state index in [1.807, 2.05) is 23.1 Å². The average Bonchev–Trinajstić information content (AvgIpc) is 3.32. The first-order valence-electron chi connectivity index (χ1n) is 11.1. The molecule has 2 aromatic carbocycles. The molecule has 5 nitrogen and oxygen atoms in total. The lowest BCUT2D eigenvalue weighted by Gasteiger charge is -2.28. The van der Waals surface area contributed by atoms with Gasteiger partial charge >= 0.3 is 0 Å². The Labute approximate surface area is 209 Å². The molecule has 2 aromatic heterocycles. The minimum atomic E-state index is -0.239. The highest BCUT2D eigenvalue weighted by Gasteiger charge is 2.43. The van der Waals surface area contributed by atoms with Gasteiger partial charge in [0.15, 0.2) is 5.11 Å². The van der Waals surface area contributed by atoms with Crippen LogP contribution in [0.1, 0.15) is 40.3 Å². The predicted molar refractivity (Wildman–Crippen MR) is 141 cm³/mol. The fourth-order valence-electron chi connectivity index (χ4n) is 4.80. The number of aromatic hydroxyl groups is 1. The number of rotatable bonds is 4. The third kappa shape index (κ3) is 3.83. The molecule has 7 heteroatoms. The maximum absolute atomic E-state index is 10.8. The molecule has 0 spiro atoms. The molecule has 0 radical (unpaired) electrons. The van der Waals surface area contributed by atoms with Crippen molar-refractivity contribution in [3.05, 3.63) is 106 Å². The van der Waals surface area contributed by atoms with E-state index in [-0.39, 0.29) is 17.8 Å². The number of benzene rings is 2. The minimum absolute atomic E-state index is 0.118. The molecule has 0 saturated carbocycles. The molecule has 4 aromatic rings. The van der Waals surface area contributed by atoms with E-state index in [9.17, 15) is 5.11 Å². The number of pyridine rings is 1. The molecule has 1 aliphatic rings. The topological polar surface area (TPSA) is 53.3 Å². The van der Waals surface area contributed by atoms with E-state index < -0.39 is 0 Å². The van der Waals surface area contributed by atoms with Gasteiger partial charge in [-0.2, -0.15) is 0 Å². The lowest BCUT2D eigenvalue weighted by atomic mass is 9.96. The van der Waals surface area contributed by atoms with E-state index in [1.54, 1.807) is 24.4 Å². The van der Waals surface area contributed by atoms with Crippen molar-refractivity contribution in [3.63, 3.8) is 0 Å². The van der Waals surface area contributed by atoms with Gasteiger partial charge < -0.3 is 19.9 Å². The Bertz CT molecular complexity index is 1370. The van der Waals surface area contributed by atoms with Gasteiger partial charge in [0.05, 0.1) is 23.5 Å². The van der Waals surface area contributed by atoms with E-state index in [1.165, 1.54) is 5.56 Å². The van der Waals surface area contributed by atoms with Gasteiger partial charge in [-0.3, -0.25) is 4.98 Å². The van der Waals surface area contributed by atoms with Crippen molar-refractivity contribution in [3.8, 4) is 11.4 Å². The first-order valence-corrected chi connectivity index (χ1v) is 11.9. The standard InChI is InChI=1S/C27H25ClN4OS/c1-16-7-10-20(11-8-16)31-17(2)14-21(18(31)3)26-25(22-6-4-5-13-29-22)30-27(34)32(26)23-15-19(28)9-12-24(23)33/h4-15,25-26,33H,1-3H3,(H,30,34)/t25-,26-/m0/s1. The molecule has 3 heterocycles. The SMILES string of the molecule is Cc1ccc(-n2c(C)cc([C@H]3[C@H](c4ccccn4)NC(=S)N3c3cc(Cl)ccc3O)c2C)cc1. The molecule has 0 bridgehead atoms. The number of anilines is 1. The zero-order chi connectivity index (χ0) is 24.0. The number of nitrogens with zero attached hydrogens (tertiary/aromatic N) is 3. The highest BCUT2D eigenvalue weighted by Crippen LogP contribution is 2.46. The first-order chi connectivity index (χ1) is 16.3. The second-order valence-electron chi connectivity index (χ2n) is 8.63. The maximum Gasteiger partial charge on any atom is 0.174 e. The van der Waals surface area contributed by atoms with E-state index in [0.717, 1.165) is 28.3 Å². The van der Waals surface area contributed by atoms with E-state index >= 15 is 0 Å². The fourth-order valence-corrected chi connectivity index (χ4v) is 5.30. The number of aryl methyl sites for hydroxylation is 2. The van der Waals surface area contributed by atoms with Crippen LogP contribution in [0.2, 0.25) is 5.02 Å². The quantitative estimate of drug-likeness (QED) is 0.328. The molecule has 1 fully saturated rings. The van der Waals surface area contributed by atoms with Crippen molar-refractivity contribution in [2.75, 3.05) is 4.90 Å². The van der Waals surface area contributed by atoms with Gasteiger partial charge in [0.25, 0.3) is 0 Å². The number of hydrogen-bond acceptors (Lipinski definition) is 3. The Hall–Kier alpha value is -3.35. The van der Waals surface area contributed by atoms with Crippen molar-refractivity contribution in [1.29, 1.82) is 0 Å². The van der Waals surface area contributed by atoms with Crippen molar-refractivity contribution >= 4 is 34.6 Å². The smallest absolute Gasteiger partial charge is 0.174 e. The van der Waals surface area contributed by atoms with Crippen LogP contribution >= 0.6 is 23.8 Å². The van der Waals surface area contributed by atoms with Crippen LogP contribution in [0.25, 0.3) is 5.69 Å². The summed E-state index contributed by atoms with van der Waals surface area (Å²) in [5.74, 6) is 0.118. The molecule has 2 atom stereocenters. The van der Waals surface area contributed by atoms with Crippen LogP contribution in [0, 0.1) is 20.8 Å². The van der Waals surface area contributed by atoms with Crippen LogP contribution in [-0.2, 0) is 0 Å². The van der Waals surface area contributed by atoms with Gasteiger partial charge in [0.1, 0.15) is 5.75 Å². The molecule has 172 valence electrons. The summed E-state index contributed by atoms with van der Waals surface area (Å²) in [6, 6.07) is 21.1. The first kappa shape index (κ1) is 22.4. The van der Waals surface area contributed by atoms with Crippen LogP contribution in [0.3, 0.4) is 0 Å². The summed E-state index contributed by atoms with van der Waals surface area (Å²) in [6.07, 6.45) is 1.78. The lowest BCUT2D eigenvalue weighted by molar-refractivity contribution is 0.472. The van der Waals surface area contributed by atoms with Crippen molar-refractivity contribution in [2.24, 2.45) is 0 Å². The Kier molecular flexibility index (Phi) is 5.80. The van der Waals surface area contributed by atoms with Gasteiger partial charge in [-0.25, -0.2) is 0 Å². The maximum atomic E-state index is 10.8. The molecule has 0 amide bonds. The molecule has 5 rings (SSSR count). The summed E-state index contributed by atoms with van der Waals surface area (Å²) in [5, 5.41) is 15.2. The van der Waals surface area contributed by atoms with Crippen molar-refractivity contribution < 1.29 is 5.11 Å². The van der Waals surface area contributed by atoms with Crippen molar-refractivity contribution in [1.82, 2.24) is 14.9 Å². The minimum Gasteiger partial charge on any atom is -0.506 e. The Morgan fingerprint density at radius 1 is 1.00 bits per heavy atom. The third-order valence-corrected chi connectivity index (χ3v) is 6.93. The molecule has 0 unspecified atom stereocenters. The van der Waals surface area contributed by atoms with Gasteiger partial charge in [-0.1, -0.05) is 35.4 Å². The molecule has 1 aliphatic heterocycles. The zero-order valence-electron chi connectivity index (χ0n) is 19.2. The van der Waals surface area contributed by atoms with Gasteiger partial charge in [-0.15, -0.1) is 0 Å². The number of thiocarbonyl (C=S) groups is 1. The molecule has 2 N–H and O–H groups in total. The summed E-state index contributed by atoms with van der Waals surface area (Å²) in [5.41, 5.74) is 7.07. The number of phenols is 1. The average molecular weight is 489 g/mol. The summed E-state index contributed by atoms with van der Waals surface area (Å²) >= 11 is 12.1. The van der Waals surface area contributed by atoms with Crippen molar-refractivity contribution in [2.45, 2.75) is 32.9 Å². The fraction of sp³-hybridized carbons (Fsp3) is 0.185. The summed E-state index contributed by atoms with van der Waals surface area (Å²) < 4.78 is 2.25. The monoisotopic (exact) mass is 488 g/mol. The second-order valence-corrected chi connectivity index (χ2v) is 9.45. The number of phenolic OH excluding ortho intramolecular Hbond substituents is 1. The predicted octanol–water partition coefficient (Wildman–Crippen LogP) is 6.33. The normalized spacial score (nSPS) is 17.8. The van der Waals surface area contributed by atoms with Crippen LogP contribution in [0.4, 0.5) is 5.69 Å². The largest absolute Gasteiger partial charge is 0.506 e. The van der Waals surface area contributed by atoms with Gasteiger partial charge in [-0.05, 0) is 87.1 Å². The molecule has 1 saturated heterocycles. The lowest BCUT2D eigenvalue weighted by Crippen LogP contribution is -2.29. The van der Waals surface area contributed by atoms with Crippen LogP contribution in [-0.4, -0.2) is 19.8 Å². The Morgan fingerprint density at radius 2 is 1.76 bits per heavy atom. The number of hydrogen-bond donors (Lipinski definition) is 2. The van der Waals surface area contributed by atoms with Crippen LogP contribution in [0.5, 0.6) is 5.75 Å². The Morgan fingerprint density at radius 3 is 2.47 bits per heavy atom. The molecule has 0 aliphatic carbocycles. The van der Waals surface area contributed by atoms with E-state index in [0.29, 0.717) is 15.8 Å². The highest BCUT2D eigenvalue weighted by atomic mass is 35.5. The summed E-state index contributed by atoms with van der Waals surface area (Å²) in [4.78, 5) is 6.58. The number of nitrogens with one attached hydrogen (secondary N) is 1. The summed E-state index contributed by atoms with van der Waals surface area (Å²) in [6.45, 7) is 6.31. The van der Waals surface area contributed by atoms with Gasteiger partial charge in [0, 0.05) is 28.3 Å². The zero-order valence-corrected chi connectivity index (χ0v) is 20.7. The van der Waals surface area contributed by atoms with Gasteiger partial charge in [0.2, 0.25) is 0 Å².